The lowest BCUT2D eigenvalue weighted by atomic mass is 9.88. The van der Waals surface area contributed by atoms with Crippen molar-refractivity contribution in [3.8, 4) is 5.75 Å². The van der Waals surface area contributed by atoms with Crippen molar-refractivity contribution >= 4 is 37.1 Å². The average Bonchev–Trinajstić information content (AvgIpc) is 3.05. The number of hydrogen-bond donors (Lipinski definition) is 0. The van der Waals surface area contributed by atoms with Crippen LogP contribution >= 0.6 is 19.4 Å². The minimum absolute atomic E-state index is 0.00152. The van der Waals surface area contributed by atoms with E-state index in [9.17, 15) is 27.3 Å². The van der Waals surface area contributed by atoms with Crippen LogP contribution in [0, 0.1) is 0 Å². The molecule has 2 aromatic rings. The molecular formula is C27H31ClF4NO8P. The highest BCUT2D eigenvalue weighted by molar-refractivity contribution is 7.48. The Labute approximate surface area is 245 Å². The lowest BCUT2D eigenvalue weighted by Crippen LogP contribution is -2.42. The zero-order valence-electron chi connectivity index (χ0n) is 23.9. The minimum Gasteiger partial charge on any atom is -0.496 e. The number of hydrogen-bond acceptors (Lipinski definition) is 8. The number of alkyl halides is 4. The predicted molar refractivity (Wildman–Crippen MR) is 145 cm³/mol. The highest BCUT2D eigenvalue weighted by Crippen LogP contribution is 2.55. The Morgan fingerprint density at radius 1 is 0.952 bits per heavy atom. The molecule has 1 atom stereocenters. The first-order valence-electron chi connectivity index (χ1n) is 12.5. The van der Waals surface area contributed by atoms with Crippen LogP contribution in [0.15, 0.2) is 36.4 Å². The number of rotatable bonds is 8. The van der Waals surface area contributed by atoms with Crippen molar-refractivity contribution < 1.29 is 54.8 Å². The Hall–Kier alpha value is -2.70. The van der Waals surface area contributed by atoms with Gasteiger partial charge in [0.1, 0.15) is 12.4 Å². The predicted octanol–water partition coefficient (Wildman–Crippen LogP) is 7.82. The molecule has 0 radical (unpaired) electrons. The van der Waals surface area contributed by atoms with E-state index in [4.69, 9.17) is 34.6 Å². The summed E-state index contributed by atoms with van der Waals surface area (Å²) in [6, 6.07) is 5.51. The molecule has 0 spiro atoms. The van der Waals surface area contributed by atoms with Gasteiger partial charge in [-0.15, -0.1) is 0 Å². The van der Waals surface area contributed by atoms with Gasteiger partial charge in [-0.3, -0.25) is 18.4 Å². The number of phosphoric ester groups is 1. The molecule has 0 aromatic heterocycles. The molecule has 15 heteroatoms. The van der Waals surface area contributed by atoms with Crippen LogP contribution in [0.5, 0.6) is 5.75 Å². The Morgan fingerprint density at radius 3 is 2.07 bits per heavy atom. The fourth-order valence-corrected chi connectivity index (χ4v) is 5.99. The van der Waals surface area contributed by atoms with Gasteiger partial charge in [0.05, 0.1) is 36.2 Å². The van der Waals surface area contributed by atoms with Gasteiger partial charge in [0.15, 0.2) is 0 Å². The first-order chi connectivity index (χ1) is 19.1. The molecular weight excluding hydrogens is 609 g/mol. The Kier molecular flexibility index (Phi) is 9.47. The van der Waals surface area contributed by atoms with Gasteiger partial charge in [-0.05, 0) is 71.9 Å². The average molecular weight is 640 g/mol. The van der Waals surface area contributed by atoms with Crippen LogP contribution in [0.2, 0.25) is 5.02 Å². The Balaban J connectivity index is 1.93. The molecule has 3 rings (SSSR count). The number of halogens is 5. The monoisotopic (exact) mass is 639 g/mol. The second-order valence-electron chi connectivity index (χ2n) is 11.2. The molecule has 1 aliphatic rings. The molecule has 2 aromatic carbocycles. The van der Waals surface area contributed by atoms with Crippen LogP contribution in [0.25, 0.3) is 0 Å². The lowest BCUT2D eigenvalue weighted by Gasteiger charge is -2.30. The van der Waals surface area contributed by atoms with E-state index >= 15 is 4.39 Å². The number of anilines is 1. The number of carbonyl (C=O) groups is 2. The molecule has 1 aliphatic heterocycles. The summed E-state index contributed by atoms with van der Waals surface area (Å²) < 4.78 is 97.1. The number of nitrogens with zero attached hydrogens (tertiary/aromatic N) is 1. The summed E-state index contributed by atoms with van der Waals surface area (Å²) in [5, 5.41) is 0.00152. The molecule has 0 saturated heterocycles. The zero-order chi connectivity index (χ0) is 31.9. The number of imide groups is 1. The Morgan fingerprint density at radius 2 is 1.55 bits per heavy atom. The van der Waals surface area contributed by atoms with Crippen molar-refractivity contribution in [3.05, 3.63) is 58.1 Å². The smallest absolute Gasteiger partial charge is 0.475 e. The van der Waals surface area contributed by atoms with E-state index < -0.39 is 78.5 Å². The van der Waals surface area contributed by atoms with Crippen molar-refractivity contribution in [1.29, 1.82) is 0 Å². The van der Waals surface area contributed by atoms with E-state index in [1.165, 1.54) is 19.2 Å². The van der Waals surface area contributed by atoms with Gasteiger partial charge in [-0.2, -0.15) is 13.2 Å². The third-order valence-corrected chi connectivity index (χ3v) is 7.76. The number of benzene rings is 2. The molecule has 0 fully saturated rings. The van der Waals surface area contributed by atoms with Gasteiger partial charge in [0.25, 0.3) is 5.91 Å². The molecule has 42 heavy (non-hydrogen) atoms. The van der Waals surface area contributed by atoms with E-state index in [1.807, 2.05) is 0 Å². The topological polar surface area (TPSA) is 101 Å². The molecule has 1 heterocycles. The van der Waals surface area contributed by atoms with E-state index in [0.29, 0.717) is 12.1 Å². The van der Waals surface area contributed by atoms with E-state index in [0.717, 1.165) is 12.1 Å². The van der Waals surface area contributed by atoms with Gasteiger partial charge < -0.3 is 9.47 Å². The third-order valence-electron chi connectivity index (χ3n) is 5.48. The molecule has 0 bridgehead atoms. The number of phosphoric acid groups is 1. The van der Waals surface area contributed by atoms with Crippen LogP contribution in [0.3, 0.4) is 0 Å². The second-order valence-corrected chi connectivity index (χ2v) is 13.1. The van der Waals surface area contributed by atoms with Gasteiger partial charge in [0, 0.05) is 16.1 Å². The number of methoxy groups -OCH3 is 1. The molecule has 2 amide bonds. The molecule has 9 nitrogen and oxygen atoms in total. The molecule has 0 unspecified atom stereocenters. The summed E-state index contributed by atoms with van der Waals surface area (Å²) in [6.07, 6.45) is -6.38. The molecule has 0 N–H and O–H groups in total. The van der Waals surface area contributed by atoms with E-state index in [2.05, 4.69) is 0 Å². The van der Waals surface area contributed by atoms with Crippen LogP contribution in [0.4, 0.5) is 28.0 Å². The lowest BCUT2D eigenvalue weighted by molar-refractivity contribution is -0.137. The van der Waals surface area contributed by atoms with Crippen LogP contribution in [-0.4, -0.2) is 43.5 Å². The molecule has 0 aliphatic carbocycles. The summed E-state index contributed by atoms with van der Waals surface area (Å²) in [5.41, 5.74) is -7.99. The number of carbonyl (C=O) groups excluding carboxylic acids is 2. The number of ether oxygens (including phenoxy) is 2. The van der Waals surface area contributed by atoms with Crippen molar-refractivity contribution in [1.82, 2.24) is 0 Å². The number of amides is 2. The van der Waals surface area contributed by atoms with Crippen molar-refractivity contribution in [2.24, 2.45) is 0 Å². The molecule has 232 valence electrons. The highest BCUT2D eigenvalue weighted by atomic mass is 35.5. The van der Waals surface area contributed by atoms with Crippen molar-refractivity contribution in [2.75, 3.05) is 25.2 Å². The van der Waals surface area contributed by atoms with Crippen LogP contribution in [0.1, 0.15) is 58.2 Å². The van der Waals surface area contributed by atoms with Crippen molar-refractivity contribution in [3.63, 3.8) is 0 Å². The minimum atomic E-state index is -4.88. The Bertz CT molecular complexity index is 1390. The summed E-state index contributed by atoms with van der Waals surface area (Å²) in [5.74, 6) is -1.70. The summed E-state index contributed by atoms with van der Waals surface area (Å²) in [6.45, 7) is 8.45. The van der Waals surface area contributed by atoms with Gasteiger partial charge >= 0.3 is 20.1 Å². The van der Waals surface area contributed by atoms with E-state index in [-0.39, 0.29) is 15.7 Å². The second kappa shape index (κ2) is 11.8. The zero-order valence-corrected chi connectivity index (χ0v) is 25.6. The summed E-state index contributed by atoms with van der Waals surface area (Å²) in [7, 11) is -3.00. The largest absolute Gasteiger partial charge is 0.496 e. The fourth-order valence-electron chi connectivity index (χ4n) is 4.04. The molecule has 0 saturated carbocycles. The third kappa shape index (κ3) is 7.44. The normalized spacial score (nSPS) is 17.8. The van der Waals surface area contributed by atoms with Crippen molar-refractivity contribution in [2.45, 2.75) is 64.6 Å². The van der Waals surface area contributed by atoms with Crippen LogP contribution in [-0.2, 0) is 39.5 Å². The van der Waals surface area contributed by atoms with Gasteiger partial charge in [-0.1, -0.05) is 17.7 Å². The first-order valence-corrected chi connectivity index (χ1v) is 14.4. The SMILES string of the molecule is COc1ccc(Cl)cc1[C@]1(F)C(=O)N(C(=O)OCCOP(=O)(OC(C)(C)C)OC(C)(C)C)c2cc(C(F)(F)F)ccc21. The quantitative estimate of drug-likeness (QED) is 0.164. The number of fused-ring (bicyclic) bond motifs is 1. The first kappa shape index (κ1) is 33.8. The maximum Gasteiger partial charge on any atom is 0.475 e. The van der Waals surface area contributed by atoms with Gasteiger partial charge in [-0.25, -0.2) is 18.6 Å². The fraction of sp³-hybridized carbons (Fsp3) is 0.481. The summed E-state index contributed by atoms with van der Waals surface area (Å²) >= 11 is 6.03. The summed E-state index contributed by atoms with van der Waals surface area (Å²) in [4.78, 5) is 26.8. The standard InChI is InChI=1S/C27H31ClF4NO8P/c1-24(2,3)40-42(36,41-25(4,5)6)39-13-12-38-23(35)33-20-14-16(27(30,31)32)8-10-18(20)26(29,22(33)34)19-15-17(28)9-11-21(19)37-7/h8-11,14-15H,12-13H2,1-7H3/t26-/m0/s1. The highest BCUT2D eigenvalue weighted by Gasteiger charge is 2.57. The van der Waals surface area contributed by atoms with Crippen LogP contribution < -0.4 is 9.64 Å². The maximum absolute atomic E-state index is 16.8. The van der Waals surface area contributed by atoms with Gasteiger partial charge in [0.2, 0.25) is 5.67 Å². The van der Waals surface area contributed by atoms with E-state index in [1.54, 1.807) is 41.5 Å². The maximum atomic E-state index is 16.8.